The van der Waals surface area contributed by atoms with Crippen LogP contribution in [0, 0.1) is 18.6 Å². The number of aryl methyl sites for hydroxylation is 1. The molecule has 2 aromatic heterocycles. The Morgan fingerprint density at radius 1 is 1.07 bits per heavy atom. The summed E-state index contributed by atoms with van der Waals surface area (Å²) in [4.78, 5) is 13.0. The fourth-order valence-electron chi connectivity index (χ4n) is 2.81. The molecule has 0 radical (unpaired) electrons. The van der Waals surface area contributed by atoms with Crippen molar-refractivity contribution < 1.29 is 27.4 Å². The second kappa shape index (κ2) is 7.28. The predicted molar refractivity (Wildman–Crippen MR) is 99.0 cm³/mol. The van der Waals surface area contributed by atoms with Gasteiger partial charge in [0.25, 0.3) is 0 Å². The number of aromatic nitrogens is 3. The van der Waals surface area contributed by atoms with Crippen LogP contribution in [0.4, 0.5) is 17.6 Å². The first-order valence-corrected chi connectivity index (χ1v) is 9.00. The third-order valence-corrected chi connectivity index (χ3v) is 5.09. The number of hydrogen-bond acceptors (Lipinski definition) is 6. The number of aromatic hydroxyl groups is 1. The molecule has 4 aromatic rings. The number of benzene rings is 2. The SMILES string of the molecule is Cc1cc(-c2ncc(-c3cc(O)c(F)c(F)c3)s2)c2ncc(OC(F)F)nc2c1. The van der Waals surface area contributed by atoms with Gasteiger partial charge in [0.1, 0.15) is 5.01 Å². The number of ether oxygens (including phenoxy) is 1. The Bertz CT molecular complexity index is 1210. The van der Waals surface area contributed by atoms with Crippen LogP contribution in [0.1, 0.15) is 5.56 Å². The number of rotatable bonds is 4. The number of phenols is 1. The van der Waals surface area contributed by atoms with Crippen molar-refractivity contribution in [3.8, 4) is 32.6 Å². The Morgan fingerprint density at radius 2 is 1.86 bits per heavy atom. The van der Waals surface area contributed by atoms with Crippen LogP contribution in [0.15, 0.2) is 36.7 Å². The molecule has 1 N–H and O–H groups in total. The molecule has 0 bridgehead atoms. The van der Waals surface area contributed by atoms with Gasteiger partial charge in [0.2, 0.25) is 5.88 Å². The van der Waals surface area contributed by atoms with E-state index in [-0.39, 0.29) is 11.4 Å². The van der Waals surface area contributed by atoms with E-state index in [0.29, 0.717) is 26.5 Å². The Morgan fingerprint density at radius 3 is 2.59 bits per heavy atom. The van der Waals surface area contributed by atoms with Gasteiger partial charge >= 0.3 is 6.61 Å². The van der Waals surface area contributed by atoms with Crippen LogP contribution in [-0.2, 0) is 0 Å². The lowest BCUT2D eigenvalue weighted by Crippen LogP contribution is -2.04. The van der Waals surface area contributed by atoms with Crippen molar-refractivity contribution in [2.45, 2.75) is 13.5 Å². The molecule has 0 atom stereocenters. The zero-order valence-electron chi connectivity index (χ0n) is 14.7. The summed E-state index contributed by atoms with van der Waals surface area (Å²) in [6, 6.07) is 5.55. The van der Waals surface area contributed by atoms with Crippen molar-refractivity contribution in [2.75, 3.05) is 0 Å². The molecule has 0 saturated heterocycles. The van der Waals surface area contributed by atoms with E-state index in [0.717, 1.165) is 23.9 Å². The van der Waals surface area contributed by atoms with Crippen molar-refractivity contribution in [3.63, 3.8) is 0 Å². The highest BCUT2D eigenvalue weighted by Gasteiger charge is 2.16. The summed E-state index contributed by atoms with van der Waals surface area (Å²) in [5.41, 5.74) is 2.42. The van der Waals surface area contributed by atoms with Crippen molar-refractivity contribution in [2.24, 2.45) is 0 Å². The van der Waals surface area contributed by atoms with Crippen molar-refractivity contribution in [1.82, 2.24) is 15.0 Å². The molecule has 0 saturated carbocycles. The highest BCUT2D eigenvalue weighted by molar-refractivity contribution is 7.18. The van der Waals surface area contributed by atoms with Gasteiger partial charge in [0.15, 0.2) is 17.4 Å². The summed E-state index contributed by atoms with van der Waals surface area (Å²) < 4.78 is 56.1. The standard InChI is InChI=1S/C19H11F4N3O2S/c1-8-2-10(17-12(3-8)26-15(7-24-17)28-19(22)23)18-25-6-14(29-18)9-4-11(20)16(21)13(27)5-9/h2-7,19,27H,1H3. The summed E-state index contributed by atoms with van der Waals surface area (Å²) in [7, 11) is 0. The highest BCUT2D eigenvalue weighted by atomic mass is 32.1. The van der Waals surface area contributed by atoms with Crippen LogP contribution < -0.4 is 4.74 Å². The zero-order valence-corrected chi connectivity index (χ0v) is 15.5. The Hall–Kier alpha value is -3.27. The topological polar surface area (TPSA) is 68.1 Å². The van der Waals surface area contributed by atoms with Gasteiger partial charge in [-0.15, -0.1) is 11.3 Å². The predicted octanol–water partition coefficient (Wildman–Crippen LogP) is 5.31. The molecule has 0 aliphatic rings. The lowest BCUT2D eigenvalue weighted by molar-refractivity contribution is -0.0528. The first kappa shape index (κ1) is 19.1. The number of hydrogen-bond donors (Lipinski definition) is 1. The van der Waals surface area contributed by atoms with Gasteiger partial charge in [-0.05, 0) is 36.8 Å². The molecule has 0 aliphatic carbocycles. The zero-order chi connectivity index (χ0) is 20.7. The molecular weight excluding hydrogens is 410 g/mol. The minimum Gasteiger partial charge on any atom is -0.505 e. The van der Waals surface area contributed by atoms with Gasteiger partial charge in [0, 0.05) is 17.3 Å². The van der Waals surface area contributed by atoms with E-state index >= 15 is 0 Å². The van der Waals surface area contributed by atoms with Crippen LogP contribution in [-0.4, -0.2) is 26.7 Å². The lowest BCUT2D eigenvalue weighted by atomic mass is 10.1. The number of fused-ring (bicyclic) bond motifs is 1. The minimum atomic E-state index is -3.01. The summed E-state index contributed by atoms with van der Waals surface area (Å²) in [5.74, 6) is -3.59. The van der Waals surface area contributed by atoms with Crippen molar-refractivity contribution in [3.05, 3.63) is 53.9 Å². The maximum atomic E-state index is 13.6. The molecule has 4 rings (SSSR count). The molecule has 0 amide bonds. The van der Waals surface area contributed by atoms with Gasteiger partial charge in [-0.3, -0.25) is 0 Å². The third-order valence-electron chi connectivity index (χ3n) is 4.01. The van der Waals surface area contributed by atoms with E-state index in [9.17, 15) is 22.7 Å². The fourth-order valence-corrected chi connectivity index (χ4v) is 3.73. The second-order valence-electron chi connectivity index (χ2n) is 6.09. The number of thiazole rings is 1. The second-order valence-corrected chi connectivity index (χ2v) is 7.12. The Labute approximate surface area is 165 Å². The van der Waals surface area contributed by atoms with Gasteiger partial charge < -0.3 is 9.84 Å². The summed E-state index contributed by atoms with van der Waals surface area (Å²) in [6.45, 7) is -1.22. The lowest BCUT2D eigenvalue weighted by Gasteiger charge is -2.07. The van der Waals surface area contributed by atoms with Crippen LogP contribution in [0.25, 0.3) is 32.0 Å². The highest BCUT2D eigenvalue weighted by Crippen LogP contribution is 2.37. The molecule has 0 aliphatic heterocycles. The largest absolute Gasteiger partial charge is 0.505 e. The van der Waals surface area contributed by atoms with E-state index in [1.807, 2.05) is 0 Å². The molecule has 2 aromatic carbocycles. The molecule has 2 heterocycles. The van der Waals surface area contributed by atoms with E-state index in [1.54, 1.807) is 19.1 Å². The fraction of sp³-hybridized carbons (Fsp3) is 0.105. The van der Waals surface area contributed by atoms with Gasteiger partial charge in [-0.25, -0.2) is 19.3 Å². The van der Waals surface area contributed by atoms with Crippen LogP contribution in [0.2, 0.25) is 0 Å². The quantitative estimate of drug-likeness (QED) is 0.452. The van der Waals surface area contributed by atoms with E-state index in [1.165, 1.54) is 17.5 Å². The minimum absolute atomic E-state index is 0.265. The first-order valence-electron chi connectivity index (χ1n) is 8.18. The summed E-state index contributed by atoms with van der Waals surface area (Å²) >= 11 is 1.17. The van der Waals surface area contributed by atoms with Gasteiger partial charge in [-0.2, -0.15) is 13.2 Å². The number of halogens is 4. The van der Waals surface area contributed by atoms with E-state index in [2.05, 4.69) is 19.7 Å². The van der Waals surface area contributed by atoms with Crippen LogP contribution in [0.3, 0.4) is 0 Å². The molecule has 5 nitrogen and oxygen atoms in total. The summed E-state index contributed by atoms with van der Waals surface area (Å²) in [5, 5.41) is 10.0. The molecular formula is C19H11F4N3O2S. The first-order chi connectivity index (χ1) is 13.8. The number of phenolic OH excluding ortho intramolecular Hbond substituents is 1. The molecule has 0 unspecified atom stereocenters. The Balaban J connectivity index is 1.79. The summed E-state index contributed by atoms with van der Waals surface area (Å²) in [6.07, 6.45) is 2.55. The maximum absolute atomic E-state index is 13.6. The third kappa shape index (κ3) is 3.70. The molecule has 148 valence electrons. The Kier molecular flexibility index (Phi) is 4.79. The van der Waals surface area contributed by atoms with Crippen LogP contribution >= 0.6 is 11.3 Å². The van der Waals surface area contributed by atoms with Gasteiger partial charge in [0.05, 0.1) is 22.1 Å². The smallest absolute Gasteiger partial charge is 0.388 e. The van der Waals surface area contributed by atoms with Crippen molar-refractivity contribution in [1.29, 1.82) is 0 Å². The monoisotopic (exact) mass is 421 g/mol. The maximum Gasteiger partial charge on any atom is 0.388 e. The average molecular weight is 421 g/mol. The number of nitrogens with zero attached hydrogens (tertiary/aromatic N) is 3. The molecule has 10 heteroatoms. The normalized spacial score (nSPS) is 11.4. The molecule has 0 spiro atoms. The van der Waals surface area contributed by atoms with Crippen LogP contribution in [0.5, 0.6) is 11.6 Å². The number of alkyl halides is 2. The van der Waals surface area contributed by atoms with E-state index in [4.69, 9.17) is 0 Å². The average Bonchev–Trinajstić information content (AvgIpc) is 3.14. The molecule has 29 heavy (non-hydrogen) atoms. The van der Waals surface area contributed by atoms with E-state index < -0.39 is 24.0 Å². The van der Waals surface area contributed by atoms with Gasteiger partial charge in [-0.1, -0.05) is 0 Å². The van der Waals surface area contributed by atoms with Crippen molar-refractivity contribution >= 4 is 22.4 Å². The molecule has 0 fully saturated rings.